The summed E-state index contributed by atoms with van der Waals surface area (Å²) >= 11 is 0. The molecule has 6 nitrogen and oxygen atoms in total. The Bertz CT molecular complexity index is 1340. The third-order valence-electron chi connectivity index (χ3n) is 8.56. The van der Waals surface area contributed by atoms with E-state index >= 15 is 0 Å². The van der Waals surface area contributed by atoms with Gasteiger partial charge in [0, 0.05) is 50.4 Å². The van der Waals surface area contributed by atoms with Gasteiger partial charge in [0.2, 0.25) is 5.91 Å². The van der Waals surface area contributed by atoms with Gasteiger partial charge in [0.25, 0.3) is 0 Å². The first-order valence-corrected chi connectivity index (χ1v) is 15.4. The number of carbonyl (C=O) groups excluding carboxylic acids is 1. The highest BCUT2D eigenvalue weighted by atomic mass is 16.2. The molecule has 2 heterocycles. The minimum Gasteiger partial charge on any atom is -0.368 e. The highest BCUT2D eigenvalue weighted by molar-refractivity contribution is 5.76. The van der Waals surface area contributed by atoms with Crippen molar-refractivity contribution in [2.45, 2.75) is 84.1 Å². The fourth-order valence-electron chi connectivity index (χ4n) is 6.17. The van der Waals surface area contributed by atoms with Crippen LogP contribution in [-0.2, 0) is 24.2 Å². The van der Waals surface area contributed by atoms with Crippen molar-refractivity contribution in [1.82, 2.24) is 14.7 Å². The van der Waals surface area contributed by atoms with E-state index in [0.717, 1.165) is 70.5 Å². The zero-order valence-corrected chi connectivity index (χ0v) is 24.2. The van der Waals surface area contributed by atoms with Crippen LogP contribution in [0, 0.1) is 12.3 Å². The molecule has 5 rings (SSSR count). The Hall–Kier alpha value is -3.41. The third kappa shape index (κ3) is 7.21. The molecule has 0 saturated carbocycles. The smallest absolute Gasteiger partial charge is 0.222 e. The molecule has 2 aliphatic rings. The number of amides is 1. The van der Waals surface area contributed by atoms with Gasteiger partial charge < -0.3 is 9.80 Å². The molecular weight excluding hydrogens is 494 g/mol. The number of hydrogen-bond donors (Lipinski definition) is 1. The van der Waals surface area contributed by atoms with Crippen LogP contribution in [0.15, 0.2) is 54.6 Å². The first-order chi connectivity index (χ1) is 19.6. The minimum atomic E-state index is 0.328. The van der Waals surface area contributed by atoms with Crippen LogP contribution in [0.1, 0.15) is 74.5 Å². The summed E-state index contributed by atoms with van der Waals surface area (Å²) in [5.41, 5.74) is 7.97. The van der Waals surface area contributed by atoms with Gasteiger partial charge in [0.1, 0.15) is 5.49 Å². The monoisotopic (exact) mass is 539 g/mol. The largest absolute Gasteiger partial charge is 0.368 e. The van der Waals surface area contributed by atoms with Crippen molar-refractivity contribution in [2.24, 2.45) is 0 Å². The van der Waals surface area contributed by atoms with Crippen LogP contribution in [0.25, 0.3) is 11.3 Å². The van der Waals surface area contributed by atoms with E-state index in [9.17, 15) is 4.79 Å². The molecule has 1 N–H and O–H groups in total. The number of anilines is 1. The molecule has 1 amide bonds. The second-order valence-electron chi connectivity index (χ2n) is 11.6. The van der Waals surface area contributed by atoms with E-state index < -0.39 is 0 Å². The van der Waals surface area contributed by atoms with Crippen LogP contribution >= 0.6 is 0 Å². The number of carbonyl (C=O) groups is 1. The lowest BCUT2D eigenvalue weighted by molar-refractivity contribution is -0.131. The van der Waals surface area contributed by atoms with Crippen molar-refractivity contribution >= 4 is 11.6 Å². The molecule has 1 aliphatic carbocycles. The fourth-order valence-corrected chi connectivity index (χ4v) is 6.17. The molecule has 3 aromatic rings. The summed E-state index contributed by atoms with van der Waals surface area (Å²) in [6.45, 7) is 6.46. The van der Waals surface area contributed by atoms with Crippen LogP contribution in [0.2, 0.25) is 0 Å². The predicted octanol–water partition coefficient (Wildman–Crippen LogP) is 6.30. The Balaban J connectivity index is 0.920. The number of fused-ring (bicyclic) bond motifs is 3. The number of nitrogens with one attached hydrogen (secondary N) is 1. The number of nitrogens with zero attached hydrogens (tertiary/aromatic N) is 4. The molecule has 1 aliphatic heterocycles. The van der Waals surface area contributed by atoms with Crippen LogP contribution < -0.4 is 10.4 Å². The van der Waals surface area contributed by atoms with E-state index in [4.69, 9.17) is 10.5 Å². The highest BCUT2D eigenvalue weighted by Gasteiger charge is 2.21. The van der Waals surface area contributed by atoms with Crippen molar-refractivity contribution in [3.63, 3.8) is 0 Å². The molecule has 0 unspecified atom stereocenters. The van der Waals surface area contributed by atoms with E-state index in [2.05, 4.69) is 65.3 Å². The molecule has 1 saturated heterocycles. The molecule has 0 atom stereocenters. The second-order valence-corrected chi connectivity index (χ2v) is 11.6. The van der Waals surface area contributed by atoms with E-state index in [-0.39, 0.29) is 0 Å². The summed E-state index contributed by atoms with van der Waals surface area (Å²) < 4.78 is 1.89. The Morgan fingerprint density at radius 1 is 0.800 bits per heavy atom. The summed E-state index contributed by atoms with van der Waals surface area (Å²) in [6.07, 6.45) is 12.0. The predicted molar refractivity (Wildman–Crippen MR) is 162 cm³/mol. The van der Waals surface area contributed by atoms with Crippen LogP contribution in [0.3, 0.4) is 0 Å². The number of hydrogen-bond acceptors (Lipinski definition) is 4. The molecule has 1 fully saturated rings. The van der Waals surface area contributed by atoms with Crippen molar-refractivity contribution in [1.29, 1.82) is 5.41 Å². The number of aromatic nitrogens is 2. The van der Waals surface area contributed by atoms with Gasteiger partial charge in [0.15, 0.2) is 0 Å². The fraction of sp³-hybridized carbons (Fsp3) is 0.500. The van der Waals surface area contributed by atoms with Crippen molar-refractivity contribution < 1.29 is 4.79 Å². The number of aryl methyl sites for hydroxylation is 4. The van der Waals surface area contributed by atoms with Crippen LogP contribution in [-0.4, -0.2) is 46.8 Å². The van der Waals surface area contributed by atoms with E-state index in [1.807, 2.05) is 10.7 Å². The minimum absolute atomic E-state index is 0.328. The second kappa shape index (κ2) is 13.8. The summed E-state index contributed by atoms with van der Waals surface area (Å²) in [5, 5.41) is 13.3. The maximum absolute atomic E-state index is 12.7. The van der Waals surface area contributed by atoms with Gasteiger partial charge in [-0.15, -0.1) is 0 Å². The summed E-state index contributed by atoms with van der Waals surface area (Å²) in [6, 6.07) is 19.2. The van der Waals surface area contributed by atoms with Gasteiger partial charge >= 0.3 is 0 Å². The van der Waals surface area contributed by atoms with Gasteiger partial charge in [-0.25, -0.2) is 4.68 Å². The van der Waals surface area contributed by atoms with Gasteiger partial charge in [-0.2, -0.15) is 5.10 Å². The summed E-state index contributed by atoms with van der Waals surface area (Å²) in [4.78, 5) is 17.1. The Morgan fingerprint density at radius 3 is 2.27 bits per heavy atom. The molecule has 0 bridgehead atoms. The first kappa shape index (κ1) is 28.1. The van der Waals surface area contributed by atoms with Crippen molar-refractivity contribution in [3.05, 3.63) is 76.8 Å². The molecule has 212 valence electrons. The standard InChI is InChI=1S/C34H45N5O/c1-27-13-12-15-30(25-27)37-21-23-38(24-22-37)33(40)17-8-6-4-2-3-5-7-11-20-39-32(35)26-29-19-18-28-14-9-10-16-31(28)34(29)36-39/h9-10,12-16,25-26,35H,2-8,11,17-24H2,1H3. The molecule has 6 heteroatoms. The molecule has 1 aromatic heterocycles. The topological polar surface area (TPSA) is 65.2 Å². The van der Waals surface area contributed by atoms with E-state index in [1.54, 1.807) is 0 Å². The maximum atomic E-state index is 12.7. The number of benzene rings is 2. The van der Waals surface area contributed by atoms with Crippen molar-refractivity contribution in [2.75, 3.05) is 31.1 Å². The zero-order valence-electron chi connectivity index (χ0n) is 24.2. The molecular formula is C34H45N5O. The van der Waals surface area contributed by atoms with Crippen LogP contribution in [0.4, 0.5) is 5.69 Å². The number of piperazine rings is 1. The highest BCUT2D eigenvalue weighted by Crippen LogP contribution is 2.30. The third-order valence-corrected chi connectivity index (χ3v) is 8.56. The van der Waals surface area contributed by atoms with Gasteiger partial charge in [0.05, 0.1) is 5.69 Å². The van der Waals surface area contributed by atoms with Crippen molar-refractivity contribution in [3.8, 4) is 11.3 Å². The van der Waals surface area contributed by atoms with Gasteiger partial charge in [-0.3, -0.25) is 10.2 Å². The van der Waals surface area contributed by atoms with Gasteiger partial charge in [-0.05, 0) is 67.5 Å². The average Bonchev–Trinajstić information content (AvgIpc) is 2.98. The van der Waals surface area contributed by atoms with E-state index in [1.165, 1.54) is 60.0 Å². The summed E-state index contributed by atoms with van der Waals surface area (Å²) in [5.74, 6) is 0.328. The van der Waals surface area contributed by atoms with Crippen LogP contribution in [0.5, 0.6) is 0 Å². The number of unbranched alkanes of at least 4 members (excludes halogenated alkanes) is 7. The quantitative estimate of drug-likeness (QED) is 0.275. The number of rotatable bonds is 12. The lowest BCUT2D eigenvalue weighted by Crippen LogP contribution is -2.48. The molecule has 0 spiro atoms. The lowest BCUT2D eigenvalue weighted by Gasteiger charge is -2.36. The Labute approximate surface area is 239 Å². The Kier molecular flexibility index (Phi) is 9.69. The normalized spacial score (nSPS) is 14.6. The lowest BCUT2D eigenvalue weighted by atomic mass is 9.89. The summed E-state index contributed by atoms with van der Waals surface area (Å²) in [7, 11) is 0. The first-order valence-electron chi connectivity index (χ1n) is 15.4. The molecule has 2 aromatic carbocycles. The SMILES string of the molecule is Cc1cccc(N2CCN(C(=O)CCCCCCCCCCn3nc4c(cc3=N)CCc3ccccc3-4)CC2)c1. The Morgan fingerprint density at radius 2 is 1.50 bits per heavy atom. The molecule has 0 radical (unpaired) electrons. The average molecular weight is 540 g/mol. The zero-order chi connectivity index (χ0) is 27.7. The maximum Gasteiger partial charge on any atom is 0.222 e. The molecule has 40 heavy (non-hydrogen) atoms. The van der Waals surface area contributed by atoms with E-state index in [0.29, 0.717) is 17.8 Å². The van der Waals surface area contributed by atoms with Gasteiger partial charge in [-0.1, -0.05) is 74.9 Å².